The minimum atomic E-state index is 0.305. The van der Waals surface area contributed by atoms with E-state index in [1.165, 1.54) is 29.5 Å². The summed E-state index contributed by atoms with van der Waals surface area (Å²) in [4.78, 5) is 14.2. The van der Waals surface area contributed by atoms with E-state index in [9.17, 15) is 4.79 Å². The van der Waals surface area contributed by atoms with Crippen molar-refractivity contribution < 1.29 is 4.79 Å². The van der Waals surface area contributed by atoms with Gasteiger partial charge in [-0.3, -0.25) is 4.79 Å². The van der Waals surface area contributed by atoms with Crippen molar-refractivity contribution in [2.45, 2.75) is 32.2 Å². The highest BCUT2D eigenvalue weighted by atomic mass is 16.2. The van der Waals surface area contributed by atoms with Crippen LogP contribution in [0.4, 0.5) is 0 Å². The van der Waals surface area contributed by atoms with Crippen LogP contribution >= 0.6 is 0 Å². The first-order valence-corrected chi connectivity index (χ1v) is 6.93. The van der Waals surface area contributed by atoms with Gasteiger partial charge in [-0.15, -0.1) is 0 Å². The Kier molecular flexibility index (Phi) is 3.33. The molecular formula is C15H20N2O. The van der Waals surface area contributed by atoms with E-state index in [4.69, 9.17) is 0 Å². The van der Waals surface area contributed by atoms with Gasteiger partial charge >= 0.3 is 0 Å². The van der Waals surface area contributed by atoms with Gasteiger partial charge in [0.25, 0.3) is 0 Å². The van der Waals surface area contributed by atoms with Crippen molar-refractivity contribution in [2.24, 2.45) is 0 Å². The van der Waals surface area contributed by atoms with Crippen molar-refractivity contribution in [2.75, 3.05) is 19.6 Å². The topological polar surface area (TPSA) is 32.3 Å². The first kappa shape index (κ1) is 11.7. The summed E-state index contributed by atoms with van der Waals surface area (Å²) in [7, 11) is 0. The maximum Gasteiger partial charge on any atom is 0.226 e. The van der Waals surface area contributed by atoms with E-state index < -0.39 is 0 Å². The van der Waals surface area contributed by atoms with Gasteiger partial charge in [-0.05, 0) is 42.5 Å². The zero-order valence-corrected chi connectivity index (χ0v) is 10.7. The fourth-order valence-corrected chi connectivity index (χ4v) is 3.02. The highest BCUT2D eigenvalue weighted by Crippen LogP contribution is 2.20. The number of amides is 1. The van der Waals surface area contributed by atoms with Crippen molar-refractivity contribution >= 4 is 5.91 Å². The van der Waals surface area contributed by atoms with Crippen LogP contribution in [-0.4, -0.2) is 30.4 Å². The van der Waals surface area contributed by atoms with Gasteiger partial charge in [0, 0.05) is 19.6 Å². The van der Waals surface area contributed by atoms with Crippen molar-refractivity contribution in [3.8, 4) is 0 Å². The molecule has 0 spiro atoms. The second-order valence-electron chi connectivity index (χ2n) is 5.25. The Morgan fingerprint density at radius 2 is 2.11 bits per heavy atom. The van der Waals surface area contributed by atoms with Crippen LogP contribution in [-0.2, 0) is 24.2 Å². The van der Waals surface area contributed by atoms with Crippen molar-refractivity contribution in [1.82, 2.24) is 10.2 Å². The first-order chi connectivity index (χ1) is 8.84. The molecule has 0 aliphatic carbocycles. The molecule has 1 fully saturated rings. The van der Waals surface area contributed by atoms with Crippen LogP contribution in [0.1, 0.15) is 29.5 Å². The fraction of sp³-hybridized carbons (Fsp3) is 0.533. The molecule has 1 amide bonds. The summed E-state index contributed by atoms with van der Waals surface area (Å²) in [6.07, 6.45) is 3.98. The summed E-state index contributed by atoms with van der Waals surface area (Å²) in [5, 5.41) is 3.38. The van der Waals surface area contributed by atoms with Gasteiger partial charge in [0.15, 0.2) is 0 Å². The minimum absolute atomic E-state index is 0.305. The fourth-order valence-electron chi connectivity index (χ4n) is 3.02. The van der Waals surface area contributed by atoms with E-state index in [1.807, 2.05) is 4.90 Å². The molecule has 1 aromatic carbocycles. The van der Waals surface area contributed by atoms with Gasteiger partial charge in [0.1, 0.15) is 0 Å². The number of rotatable bonds is 2. The molecule has 0 bridgehead atoms. The lowest BCUT2D eigenvalue weighted by atomic mass is 9.93. The molecule has 3 rings (SSSR count). The second-order valence-corrected chi connectivity index (χ2v) is 5.25. The maximum atomic E-state index is 12.2. The predicted molar refractivity (Wildman–Crippen MR) is 71.4 cm³/mol. The van der Waals surface area contributed by atoms with Crippen molar-refractivity contribution in [3.63, 3.8) is 0 Å². The summed E-state index contributed by atoms with van der Waals surface area (Å²) >= 11 is 0. The molecule has 3 nitrogen and oxygen atoms in total. The van der Waals surface area contributed by atoms with E-state index in [0.29, 0.717) is 12.3 Å². The van der Waals surface area contributed by atoms with Gasteiger partial charge in [-0.25, -0.2) is 0 Å². The van der Waals surface area contributed by atoms with E-state index >= 15 is 0 Å². The van der Waals surface area contributed by atoms with E-state index in [1.54, 1.807) is 0 Å². The summed E-state index contributed by atoms with van der Waals surface area (Å²) in [5.74, 6) is 0.305. The lowest BCUT2D eigenvalue weighted by molar-refractivity contribution is -0.129. The Bertz CT molecular complexity index is 450. The molecule has 3 heteroatoms. The van der Waals surface area contributed by atoms with Crippen molar-refractivity contribution in [3.05, 3.63) is 34.9 Å². The molecule has 2 aliphatic rings. The van der Waals surface area contributed by atoms with Gasteiger partial charge in [-0.2, -0.15) is 0 Å². The number of likely N-dealkylation sites (tertiary alicyclic amines) is 1. The van der Waals surface area contributed by atoms with E-state index in [0.717, 1.165) is 32.6 Å². The Balaban J connectivity index is 1.77. The third-order valence-electron chi connectivity index (χ3n) is 4.04. The van der Waals surface area contributed by atoms with Crippen LogP contribution in [0.3, 0.4) is 0 Å². The largest absolute Gasteiger partial charge is 0.342 e. The lowest BCUT2D eigenvalue weighted by Crippen LogP contribution is -2.30. The van der Waals surface area contributed by atoms with Crippen LogP contribution in [0.2, 0.25) is 0 Å². The molecule has 1 saturated heterocycles. The van der Waals surface area contributed by atoms with Gasteiger partial charge in [0.2, 0.25) is 5.91 Å². The van der Waals surface area contributed by atoms with Crippen LogP contribution in [0.5, 0.6) is 0 Å². The van der Waals surface area contributed by atoms with Crippen LogP contribution in [0.25, 0.3) is 0 Å². The molecule has 0 saturated carbocycles. The van der Waals surface area contributed by atoms with Crippen LogP contribution in [0, 0.1) is 0 Å². The quantitative estimate of drug-likeness (QED) is 0.855. The summed E-state index contributed by atoms with van der Waals surface area (Å²) in [6, 6.07) is 6.38. The molecular weight excluding hydrogens is 224 g/mol. The smallest absolute Gasteiger partial charge is 0.226 e. The molecule has 0 radical (unpaired) electrons. The number of carbonyl (C=O) groups excluding carboxylic acids is 1. The van der Waals surface area contributed by atoms with Crippen molar-refractivity contribution in [1.29, 1.82) is 0 Å². The third-order valence-corrected chi connectivity index (χ3v) is 4.04. The van der Waals surface area contributed by atoms with Gasteiger partial charge in [0.05, 0.1) is 6.42 Å². The van der Waals surface area contributed by atoms with Crippen LogP contribution < -0.4 is 5.32 Å². The number of nitrogens with one attached hydrogen (secondary N) is 1. The number of nitrogens with zero attached hydrogens (tertiary/aromatic N) is 1. The highest BCUT2D eigenvalue weighted by Gasteiger charge is 2.20. The zero-order valence-electron chi connectivity index (χ0n) is 10.7. The standard InChI is InChI=1S/C15H20N2O/c18-15(17-8-1-2-9-17)10-12-4-3-5-13-11-16-7-6-14(12)13/h3-5,16H,1-2,6-11H2. The number of hydrogen-bond acceptors (Lipinski definition) is 2. The molecule has 1 aromatic rings. The normalized spacial score (nSPS) is 18.8. The Morgan fingerprint density at radius 3 is 2.94 bits per heavy atom. The maximum absolute atomic E-state index is 12.2. The number of carbonyl (C=O) groups is 1. The number of fused-ring (bicyclic) bond motifs is 1. The highest BCUT2D eigenvalue weighted by molar-refractivity contribution is 5.79. The third kappa shape index (κ3) is 2.27. The second kappa shape index (κ2) is 5.11. The Hall–Kier alpha value is -1.35. The van der Waals surface area contributed by atoms with Gasteiger partial charge < -0.3 is 10.2 Å². The monoisotopic (exact) mass is 244 g/mol. The minimum Gasteiger partial charge on any atom is -0.342 e. The lowest BCUT2D eigenvalue weighted by Gasteiger charge is -2.21. The zero-order chi connectivity index (χ0) is 12.4. The summed E-state index contributed by atoms with van der Waals surface area (Å²) < 4.78 is 0. The Labute approximate surface area is 108 Å². The predicted octanol–water partition coefficient (Wildman–Crippen LogP) is 1.50. The van der Waals surface area contributed by atoms with Crippen LogP contribution in [0.15, 0.2) is 18.2 Å². The Morgan fingerprint density at radius 1 is 1.28 bits per heavy atom. The number of hydrogen-bond donors (Lipinski definition) is 1. The molecule has 2 heterocycles. The van der Waals surface area contributed by atoms with E-state index in [2.05, 4.69) is 23.5 Å². The first-order valence-electron chi connectivity index (χ1n) is 6.93. The molecule has 1 N–H and O–H groups in total. The molecule has 0 atom stereocenters. The summed E-state index contributed by atoms with van der Waals surface area (Å²) in [5.41, 5.74) is 4.02. The summed E-state index contributed by atoms with van der Waals surface area (Å²) in [6.45, 7) is 3.88. The average molecular weight is 244 g/mol. The molecule has 96 valence electrons. The van der Waals surface area contributed by atoms with E-state index in [-0.39, 0.29) is 0 Å². The van der Waals surface area contributed by atoms with Gasteiger partial charge in [-0.1, -0.05) is 18.2 Å². The molecule has 0 unspecified atom stereocenters. The molecule has 2 aliphatic heterocycles. The molecule has 0 aromatic heterocycles. The average Bonchev–Trinajstić information content (AvgIpc) is 2.93. The molecule has 18 heavy (non-hydrogen) atoms. The number of benzene rings is 1. The SMILES string of the molecule is O=C(Cc1cccc2c1CCNC2)N1CCCC1.